The molecule has 2 fully saturated rings. The standard InChI is InChI=1S/C33H46ClFN2O/c1-8-22-9-11-23(12-10-22)28(17-18-31(2,3)4)37-30(38)29(24-13-14-27(35)26(34)21-24)36-33(37)19-15-25(16-20-33)32(5,6)7/h9-14,21,25,28-29,36H,8,15-20H2,1-7H3. The second-order valence-electron chi connectivity index (χ2n) is 13.8. The van der Waals surface area contributed by atoms with Gasteiger partial charge < -0.3 is 4.90 Å². The molecular weight excluding hydrogens is 495 g/mol. The molecule has 1 saturated heterocycles. The van der Waals surface area contributed by atoms with Gasteiger partial charge in [0.15, 0.2) is 0 Å². The summed E-state index contributed by atoms with van der Waals surface area (Å²) in [5, 5.41) is 3.86. The normalized spacial score (nSPS) is 25.3. The third kappa shape index (κ3) is 6.12. The average Bonchev–Trinajstić information content (AvgIpc) is 3.12. The van der Waals surface area contributed by atoms with Crippen LogP contribution in [0, 0.1) is 22.6 Å². The van der Waals surface area contributed by atoms with Gasteiger partial charge in [0.2, 0.25) is 5.91 Å². The Hall–Kier alpha value is -1.91. The predicted octanol–water partition coefficient (Wildman–Crippen LogP) is 9.01. The van der Waals surface area contributed by atoms with E-state index in [0.717, 1.165) is 50.5 Å². The Morgan fingerprint density at radius 2 is 1.68 bits per heavy atom. The van der Waals surface area contributed by atoms with Gasteiger partial charge in [0, 0.05) is 0 Å². The molecule has 5 heteroatoms. The maximum absolute atomic E-state index is 14.4. The van der Waals surface area contributed by atoms with Gasteiger partial charge in [0.05, 0.1) is 16.7 Å². The highest BCUT2D eigenvalue weighted by Crippen LogP contribution is 2.50. The summed E-state index contributed by atoms with van der Waals surface area (Å²) in [6.07, 6.45) is 6.84. The second-order valence-corrected chi connectivity index (χ2v) is 14.2. The van der Waals surface area contributed by atoms with Gasteiger partial charge in [-0.15, -0.1) is 0 Å². The molecule has 0 radical (unpaired) electrons. The number of benzene rings is 2. The lowest BCUT2D eigenvalue weighted by Crippen LogP contribution is -2.56. The molecule has 4 rings (SSSR count). The molecule has 2 aromatic carbocycles. The molecule has 38 heavy (non-hydrogen) atoms. The summed E-state index contributed by atoms with van der Waals surface area (Å²) < 4.78 is 14.0. The molecule has 0 aromatic heterocycles. The number of carbonyl (C=O) groups is 1. The molecule has 1 heterocycles. The van der Waals surface area contributed by atoms with E-state index in [2.05, 4.69) is 82.9 Å². The van der Waals surface area contributed by atoms with Crippen molar-refractivity contribution in [3.05, 3.63) is 70.0 Å². The van der Waals surface area contributed by atoms with E-state index in [9.17, 15) is 9.18 Å². The van der Waals surface area contributed by atoms with Gasteiger partial charge in [-0.25, -0.2) is 4.39 Å². The maximum atomic E-state index is 14.4. The Labute approximate surface area is 234 Å². The summed E-state index contributed by atoms with van der Waals surface area (Å²) in [5.41, 5.74) is 3.18. The summed E-state index contributed by atoms with van der Waals surface area (Å²) in [4.78, 5) is 16.6. The van der Waals surface area contributed by atoms with Gasteiger partial charge >= 0.3 is 0 Å². The zero-order valence-electron chi connectivity index (χ0n) is 24.3. The minimum Gasteiger partial charge on any atom is -0.316 e. The van der Waals surface area contributed by atoms with E-state index in [0.29, 0.717) is 5.92 Å². The van der Waals surface area contributed by atoms with Crippen LogP contribution in [0.2, 0.25) is 5.02 Å². The van der Waals surface area contributed by atoms with E-state index >= 15 is 0 Å². The van der Waals surface area contributed by atoms with Crippen molar-refractivity contribution in [3.8, 4) is 0 Å². The van der Waals surface area contributed by atoms with Crippen LogP contribution < -0.4 is 5.32 Å². The molecule has 1 aliphatic heterocycles. The highest BCUT2D eigenvalue weighted by molar-refractivity contribution is 6.30. The fraction of sp³-hybridized carbons (Fsp3) is 0.606. The molecule has 3 nitrogen and oxygen atoms in total. The highest BCUT2D eigenvalue weighted by Gasteiger charge is 2.55. The fourth-order valence-electron chi connectivity index (χ4n) is 6.46. The lowest BCUT2D eigenvalue weighted by molar-refractivity contribution is -0.137. The van der Waals surface area contributed by atoms with Crippen LogP contribution in [0.25, 0.3) is 0 Å². The number of aryl methyl sites for hydroxylation is 1. The second kappa shape index (κ2) is 10.9. The first-order valence-electron chi connectivity index (χ1n) is 14.4. The van der Waals surface area contributed by atoms with Crippen LogP contribution >= 0.6 is 11.6 Å². The third-order valence-corrected chi connectivity index (χ3v) is 9.21. The lowest BCUT2D eigenvalue weighted by atomic mass is 9.69. The largest absolute Gasteiger partial charge is 0.316 e. The van der Waals surface area contributed by atoms with Gasteiger partial charge in [-0.2, -0.15) is 0 Å². The maximum Gasteiger partial charge on any atom is 0.246 e. The van der Waals surface area contributed by atoms with Crippen molar-refractivity contribution in [2.24, 2.45) is 16.7 Å². The summed E-state index contributed by atoms with van der Waals surface area (Å²) >= 11 is 6.18. The van der Waals surface area contributed by atoms with Crippen molar-refractivity contribution < 1.29 is 9.18 Å². The lowest BCUT2D eigenvalue weighted by Gasteiger charge is -2.49. The molecule has 2 unspecified atom stereocenters. The van der Waals surface area contributed by atoms with Crippen molar-refractivity contribution in [2.75, 3.05) is 0 Å². The molecule has 0 bridgehead atoms. The smallest absolute Gasteiger partial charge is 0.246 e. The van der Waals surface area contributed by atoms with Crippen molar-refractivity contribution in [1.29, 1.82) is 0 Å². The topological polar surface area (TPSA) is 32.3 Å². The summed E-state index contributed by atoms with van der Waals surface area (Å²) in [6.45, 7) is 15.9. The minimum absolute atomic E-state index is 0.0350. The number of halogens is 2. The van der Waals surface area contributed by atoms with Crippen LogP contribution in [0.4, 0.5) is 4.39 Å². The fourth-order valence-corrected chi connectivity index (χ4v) is 6.65. The minimum atomic E-state index is -0.536. The van der Waals surface area contributed by atoms with Gasteiger partial charge in [-0.3, -0.25) is 10.1 Å². The SMILES string of the molecule is CCc1ccc(C(CCC(C)(C)C)N2C(=O)C(c3ccc(F)c(Cl)c3)NC23CCC(C(C)(C)C)CC3)cc1. The monoisotopic (exact) mass is 540 g/mol. The van der Waals surface area contributed by atoms with Gasteiger partial charge in [0.1, 0.15) is 11.9 Å². The van der Waals surface area contributed by atoms with E-state index in [1.165, 1.54) is 17.2 Å². The molecule has 1 N–H and O–H groups in total. The van der Waals surface area contributed by atoms with E-state index in [1.54, 1.807) is 12.1 Å². The van der Waals surface area contributed by atoms with Crippen molar-refractivity contribution in [1.82, 2.24) is 10.2 Å². The Kier molecular flexibility index (Phi) is 8.36. The Morgan fingerprint density at radius 3 is 2.21 bits per heavy atom. The van der Waals surface area contributed by atoms with Crippen LogP contribution in [0.1, 0.15) is 116 Å². The van der Waals surface area contributed by atoms with Gasteiger partial charge in [0.25, 0.3) is 0 Å². The van der Waals surface area contributed by atoms with Crippen LogP contribution in [0.15, 0.2) is 42.5 Å². The molecule has 208 valence electrons. The third-order valence-electron chi connectivity index (χ3n) is 8.93. The van der Waals surface area contributed by atoms with E-state index in [1.807, 2.05) is 0 Å². The molecule has 1 amide bonds. The number of nitrogens with zero attached hydrogens (tertiary/aromatic N) is 1. The zero-order valence-corrected chi connectivity index (χ0v) is 25.1. The number of rotatable bonds is 6. The molecular formula is C33H46ClFN2O. The quantitative estimate of drug-likeness (QED) is 0.396. The van der Waals surface area contributed by atoms with Crippen LogP contribution in [0.5, 0.6) is 0 Å². The first-order valence-corrected chi connectivity index (χ1v) is 14.8. The summed E-state index contributed by atoms with van der Waals surface area (Å²) in [5.74, 6) is 0.223. The number of amides is 1. The number of nitrogens with one attached hydrogen (secondary N) is 1. The van der Waals surface area contributed by atoms with Crippen molar-refractivity contribution >= 4 is 17.5 Å². The molecule has 2 atom stereocenters. The average molecular weight is 541 g/mol. The van der Waals surface area contributed by atoms with Crippen LogP contribution in [0.3, 0.4) is 0 Å². The van der Waals surface area contributed by atoms with Gasteiger partial charge in [-0.1, -0.05) is 90.4 Å². The molecule has 1 aliphatic carbocycles. The highest BCUT2D eigenvalue weighted by atomic mass is 35.5. The number of carbonyl (C=O) groups excluding carboxylic acids is 1. The summed E-state index contributed by atoms with van der Waals surface area (Å²) in [6, 6.07) is 13.0. The van der Waals surface area contributed by atoms with Crippen LogP contribution in [-0.2, 0) is 11.2 Å². The van der Waals surface area contributed by atoms with Crippen LogP contribution in [-0.4, -0.2) is 16.5 Å². The Morgan fingerprint density at radius 1 is 1.05 bits per heavy atom. The molecule has 2 aromatic rings. The van der Waals surface area contributed by atoms with Crippen molar-refractivity contribution in [3.63, 3.8) is 0 Å². The van der Waals surface area contributed by atoms with E-state index in [4.69, 9.17) is 11.6 Å². The summed E-state index contributed by atoms with van der Waals surface area (Å²) in [7, 11) is 0. The Bertz CT molecular complexity index is 1120. The zero-order chi connectivity index (χ0) is 27.9. The van der Waals surface area contributed by atoms with E-state index < -0.39 is 17.5 Å². The van der Waals surface area contributed by atoms with Gasteiger partial charge in [-0.05, 0) is 90.5 Å². The molecule has 2 aliphatic rings. The van der Waals surface area contributed by atoms with E-state index in [-0.39, 0.29) is 27.8 Å². The molecule has 1 spiro atoms. The number of hydrogen-bond acceptors (Lipinski definition) is 2. The van der Waals surface area contributed by atoms with Crippen molar-refractivity contribution in [2.45, 2.75) is 111 Å². The number of hydrogen-bond donors (Lipinski definition) is 1. The first kappa shape index (κ1) is 29.1. The Balaban J connectivity index is 1.77. The molecule has 1 saturated carbocycles. The first-order chi connectivity index (χ1) is 17.7. The predicted molar refractivity (Wildman–Crippen MR) is 156 cm³/mol.